The van der Waals surface area contributed by atoms with Gasteiger partial charge in [0.05, 0.1) is 5.69 Å². The van der Waals surface area contributed by atoms with E-state index in [-0.39, 0.29) is 0 Å². The van der Waals surface area contributed by atoms with E-state index in [1.807, 2.05) is 13.1 Å². The fraction of sp³-hybridized carbons (Fsp3) is 0.667. The van der Waals surface area contributed by atoms with Gasteiger partial charge in [0.1, 0.15) is 5.82 Å². The van der Waals surface area contributed by atoms with Crippen LogP contribution in [0, 0.1) is 5.92 Å². The van der Waals surface area contributed by atoms with Gasteiger partial charge >= 0.3 is 0 Å². The van der Waals surface area contributed by atoms with Crippen LogP contribution in [0.3, 0.4) is 0 Å². The van der Waals surface area contributed by atoms with Crippen LogP contribution in [0.1, 0.15) is 38.3 Å². The number of nitrogens with zero attached hydrogens (tertiary/aromatic N) is 2. The molecule has 100 valence electrons. The number of hydrogen-bond acceptors (Lipinski definition) is 3. The maximum absolute atomic E-state index is 4.59. The molecule has 1 fully saturated rings. The quantitative estimate of drug-likeness (QED) is 0.866. The highest BCUT2D eigenvalue weighted by molar-refractivity contribution is 5.34. The Balaban J connectivity index is 1.83. The molecule has 2 rings (SSSR count). The molecule has 1 saturated heterocycles. The molecule has 3 heteroatoms. The molecule has 0 bridgehead atoms. The average molecular weight is 247 g/mol. The molecule has 3 nitrogen and oxygen atoms in total. The number of pyridine rings is 1. The predicted molar refractivity (Wildman–Crippen MR) is 76.7 cm³/mol. The number of aromatic nitrogens is 1. The Morgan fingerprint density at radius 3 is 2.78 bits per heavy atom. The third-order valence-corrected chi connectivity index (χ3v) is 3.85. The van der Waals surface area contributed by atoms with E-state index in [0.717, 1.165) is 18.3 Å². The van der Waals surface area contributed by atoms with E-state index in [9.17, 15) is 0 Å². The van der Waals surface area contributed by atoms with Crippen LogP contribution in [-0.4, -0.2) is 30.0 Å². The van der Waals surface area contributed by atoms with Crippen molar-refractivity contribution < 1.29 is 0 Å². The highest BCUT2D eigenvalue weighted by Crippen LogP contribution is 2.22. The second kappa shape index (κ2) is 6.74. The summed E-state index contributed by atoms with van der Waals surface area (Å²) in [7, 11) is 1.92. The van der Waals surface area contributed by atoms with Crippen LogP contribution in [-0.2, 0) is 6.54 Å². The summed E-state index contributed by atoms with van der Waals surface area (Å²) in [6.45, 7) is 5.75. The van der Waals surface area contributed by atoms with Crippen LogP contribution in [0.5, 0.6) is 0 Å². The van der Waals surface area contributed by atoms with Gasteiger partial charge in [-0.15, -0.1) is 0 Å². The molecule has 0 unspecified atom stereocenters. The van der Waals surface area contributed by atoms with Crippen LogP contribution in [0.25, 0.3) is 0 Å². The fourth-order valence-corrected chi connectivity index (χ4v) is 2.78. The van der Waals surface area contributed by atoms with Crippen LogP contribution < -0.4 is 5.32 Å². The standard InChI is InChI=1S/C15H25N3/c1-3-5-13-8-10-18(11-9-13)12-14-6-4-7-15(16-2)17-14/h4,6-7,13H,3,5,8-12H2,1-2H3,(H,16,17). The molecule has 18 heavy (non-hydrogen) atoms. The highest BCUT2D eigenvalue weighted by Gasteiger charge is 2.18. The first kappa shape index (κ1) is 13.3. The van der Waals surface area contributed by atoms with Crippen LogP contribution in [0.4, 0.5) is 5.82 Å². The molecule has 1 aromatic heterocycles. The van der Waals surface area contributed by atoms with Gasteiger partial charge in [-0.25, -0.2) is 4.98 Å². The van der Waals surface area contributed by atoms with E-state index in [4.69, 9.17) is 0 Å². The third-order valence-electron chi connectivity index (χ3n) is 3.85. The van der Waals surface area contributed by atoms with Crippen molar-refractivity contribution in [1.82, 2.24) is 9.88 Å². The summed E-state index contributed by atoms with van der Waals surface area (Å²) >= 11 is 0. The molecule has 2 heterocycles. The van der Waals surface area contributed by atoms with Gasteiger partial charge in [0.2, 0.25) is 0 Å². The molecule has 0 atom stereocenters. The molecule has 1 aliphatic heterocycles. The Morgan fingerprint density at radius 1 is 1.33 bits per heavy atom. The van der Waals surface area contributed by atoms with Crippen molar-refractivity contribution >= 4 is 5.82 Å². The topological polar surface area (TPSA) is 28.2 Å². The largest absolute Gasteiger partial charge is 0.373 e. The molecule has 0 saturated carbocycles. The van der Waals surface area contributed by atoms with Gasteiger partial charge in [-0.2, -0.15) is 0 Å². The maximum Gasteiger partial charge on any atom is 0.126 e. The Hall–Kier alpha value is -1.09. The second-order valence-electron chi connectivity index (χ2n) is 5.27. The van der Waals surface area contributed by atoms with Gasteiger partial charge in [-0.1, -0.05) is 25.8 Å². The van der Waals surface area contributed by atoms with E-state index in [0.29, 0.717) is 0 Å². The van der Waals surface area contributed by atoms with Crippen molar-refractivity contribution in [2.24, 2.45) is 5.92 Å². The molecule has 0 aromatic carbocycles. The van der Waals surface area contributed by atoms with E-state index in [1.165, 1.54) is 44.5 Å². The minimum absolute atomic E-state index is 0.961. The lowest BCUT2D eigenvalue weighted by Gasteiger charge is -2.31. The second-order valence-corrected chi connectivity index (χ2v) is 5.27. The first-order valence-corrected chi connectivity index (χ1v) is 7.18. The van der Waals surface area contributed by atoms with Gasteiger partial charge < -0.3 is 5.32 Å². The Kier molecular flexibility index (Phi) is 5.00. The van der Waals surface area contributed by atoms with Crippen molar-refractivity contribution in [2.75, 3.05) is 25.5 Å². The highest BCUT2D eigenvalue weighted by atomic mass is 15.1. The normalized spacial score (nSPS) is 17.9. The lowest BCUT2D eigenvalue weighted by Crippen LogP contribution is -2.33. The number of anilines is 1. The van der Waals surface area contributed by atoms with Gasteiger partial charge in [0.25, 0.3) is 0 Å². The van der Waals surface area contributed by atoms with Gasteiger partial charge in [0.15, 0.2) is 0 Å². The summed E-state index contributed by atoms with van der Waals surface area (Å²) in [5.74, 6) is 1.93. The van der Waals surface area contributed by atoms with Gasteiger partial charge in [-0.05, 0) is 44.0 Å². The molecular weight excluding hydrogens is 222 g/mol. The molecule has 1 N–H and O–H groups in total. The minimum atomic E-state index is 0.961. The van der Waals surface area contributed by atoms with Crippen LogP contribution in [0.2, 0.25) is 0 Å². The zero-order valence-electron chi connectivity index (χ0n) is 11.7. The Labute approximate surface area is 111 Å². The lowest BCUT2D eigenvalue weighted by molar-refractivity contribution is 0.170. The van der Waals surface area contributed by atoms with E-state index >= 15 is 0 Å². The lowest BCUT2D eigenvalue weighted by atomic mass is 9.92. The SMILES string of the molecule is CCCC1CCN(Cc2cccc(NC)n2)CC1. The smallest absolute Gasteiger partial charge is 0.126 e. The molecule has 0 aliphatic carbocycles. The Bertz CT molecular complexity index is 357. The first-order valence-electron chi connectivity index (χ1n) is 7.18. The van der Waals surface area contributed by atoms with Crippen LogP contribution in [0.15, 0.2) is 18.2 Å². The zero-order chi connectivity index (χ0) is 12.8. The summed E-state index contributed by atoms with van der Waals surface area (Å²) in [4.78, 5) is 7.12. The molecule has 1 aliphatic rings. The minimum Gasteiger partial charge on any atom is -0.373 e. The summed E-state index contributed by atoms with van der Waals surface area (Å²) in [6, 6.07) is 6.22. The van der Waals surface area contributed by atoms with Crippen molar-refractivity contribution in [1.29, 1.82) is 0 Å². The van der Waals surface area contributed by atoms with E-state index < -0.39 is 0 Å². The van der Waals surface area contributed by atoms with Crippen LogP contribution >= 0.6 is 0 Å². The van der Waals surface area contributed by atoms with E-state index in [1.54, 1.807) is 0 Å². The van der Waals surface area contributed by atoms with Gasteiger partial charge in [0, 0.05) is 13.6 Å². The number of rotatable bonds is 5. The molecule has 0 spiro atoms. The molecular formula is C15H25N3. The number of likely N-dealkylation sites (tertiary alicyclic amines) is 1. The predicted octanol–water partition coefficient (Wildman–Crippen LogP) is 3.14. The number of nitrogens with one attached hydrogen (secondary N) is 1. The molecule has 0 radical (unpaired) electrons. The van der Waals surface area contributed by atoms with Crippen molar-refractivity contribution in [2.45, 2.75) is 39.2 Å². The summed E-state index contributed by atoms with van der Waals surface area (Å²) in [5.41, 5.74) is 1.18. The van der Waals surface area contributed by atoms with Gasteiger partial charge in [-0.3, -0.25) is 4.90 Å². The molecule has 0 amide bonds. The number of hydrogen-bond donors (Lipinski definition) is 1. The Morgan fingerprint density at radius 2 is 2.11 bits per heavy atom. The molecule has 1 aromatic rings. The first-order chi connectivity index (χ1) is 8.81. The summed E-state index contributed by atoms with van der Waals surface area (Å²) < 4.78 is 0. The van der Waals surface area contributed by atoms with E-state index in [2.05, 4.69) is 34.3 Å². The third kappa shape index (κ3) is 3.70. The van der Waals surface area contributed by atoms with Crippen molar-refractivity contribution in [3.63, 3.8) is 0 Å². The maximum atomic E-state index is 4.59. The fourth-order valence-electron chi connectivity index (χ4n) is 2.78. The average Bonchev–Trinajstić information content (AvgIpc) is 2.42. The van der Waals surface area contributed by atoms with Crippen molar-refractivity contribution in [3.05, 3.63) is 23.9 Å². The monoisotopic (exact) mass is 247 g/mol. The van der Waals surface area contributed by atoms with Crippen molar-refractivity contribution in [3.8, 4) is 0 Å². The number of piperidine rings is 1. The summed E-state index contributed by atoms with van der Waals surface area (Å²) in [5, 5.41) is 3.10. The zero-order valence-corrected chi connectivity index (χ0v) is 11.7. The summed E-state index contributed by atoms with van der Waals surface area (Å²) in [6.07, 6.45) is 5.46.